The molecule has 4 rings (SSSR count). The number of halogens is 1. The molecule has 1 saturated heterocycles. The normalized spacial score (nSPS) is 15.8. The highest BCUT2D eigenvalue weighted by atomic mass is 35.5. The largest absolute Gasteiger partial charge is 0.496 e. The molecule has 1 unspecified atom stereocenters. The summed E-state index contributed by atoms with van der Waals surface area (Å²) in [5, 5.41) is 4.65. The number of carbonyl (C=O) groups is 1. The smallest absolute Gasteiger partial charge is 0.257 e. The van der Waals surface area contributed by atoms with Crippen LogP contribution < -0.4 is 4.74 Å². The SMILES string of the molecule is COc1cc(Cl)ccc1C(=O)N1CCN(C(C)c2nc(-c3ccccc3)no2)CC1. The molecule has 2 aromatic carbocycles. The lowest BCUT2D eigenvalue weighted by Crippen LogP contribution is -2.49. The zero-order valence-electron chi connectivity index (χ0n) is 16.9. The topological polar surface area (TPSA) is 71.7 Å². The van der Waals surface area contributed by atoms with Crippen LogP contribution in [-0.4, -0.2) is 59.1 Å². The van der Waals surface area contributed by atoms with Crippen molar-refractivity contribution in [3.8, 4) is 17.1 Å². The van der Waals surface area contributed by atoms with Crippen LogP contribution in [0, 0.1) is 0 Å². The predicted octanol–water partition coefficient (Wildman–Crippen LogP) is 3.92. The third-order valence-corrected chi connectivity index (χ3v) is 5.61. The number of benzene rings is 2. The zero-order valence-corrected chi connectivity index (χ0v) is 17.7. The molecule has 1 aromatic heterocycles. The van der Waals surface area contributed by atoms with E-state index in [4.69, 9.17) is 20.9 Å². The first kappa shape index (κ1) is 20.4. The Morgan fingerprint density at radius 1 is 1.13 bits per heavy atom. The van der Waals surface area contributed by atoms with Crippen LogP contribution >= 0.6 is 11.6 Å². The van der Waals surface area contributed by atoms with Crippen LogP contribution in [-0.2, 0) is 0 Å². The number of aromatic nitrogens is 2. The predicted molar refractivity (Wildman–Crippen MR) is 114 cm³/mol. The van der Waals surface area contributed by atoms with E-state index in [0.717, 1.165) is 5.56 Å². The van der Waals surface area contributed by atoms with Gasteiger partial charge >= 0.3 is 0 Å². The summed E-state index contributed by atoms with van der Waals surface area (Å²) in [7, 11) is 1.54. The van der Waals surface area contributed by atoms with Gasteiger partial charge in [-0.15, -0.1) is 0 Å². The van der Waals surface area contributed by atoms with Gasteiger partial charge in [-0.25, -0.2) is 0 Å². The van der Waals surface area contributed by atoms with Gasteiger partial charge in [-0.1, -0.05) is 47.1 Å². The molecule has 0 radical (unpaired) electrons. The maximum Gasteiger partial charge on any atom is 0.257 e. The Bertz CT molecular complexity index is 1020. The van der Waals surface area contributed by atoms with Gasteiger partial charge in [0, 0.05) is 36.8 Å². The van der Waals surface area contributed by atoms with Gasteiger partial charge in [0.05, 0.1) is 18.7 Å². The number of hydrogen-bond acceptors (Lipinski definition) is 6. The van der Waals surface area contributed by atoms with Crippen molar-refractivity contribution in [2.45, 2.75) is 13.0 Å². The van der Waals surface area contributed by atoms with Crippen LogP contribution in [0.4, 0.5) is 0 Å². The van der Waals surface area contributed by atoms with E-state index in [9.17, 15) is 4.79 Å². The van der Waals surface area contributed by atoms with Gasteiger partial charge in [0.1, 0.15) is 5.75 Å². The van der Waals surface area contributed by atoms with E-state index in [0.29, 0.717) is 54.2 Å². The fourth-order valence-electron chi connectivity index (χ4n) is 3.59. The fourth-order valence-corrected chi connectivity index (χ4v) is 3.75. The van der Waals surface area contributed by atoms with Gasteiger partial charge in [0.2, 0.25) is 11.7 Å². The van der Waals surface area contributed by atoms with Crippen LogP contribution in [0.3, 0.4) is 0 Å². The maximum atomic E-state index is 12.9. The molecular formula is C22H23ClN4O3. The Labute approximate surface area is 180 Å². The molecule has 1 atom stereocenters. The average Bonchev–Trinajstić information content (AvgIpc) is 3.29. The number of carbonyl (C=O) groups excluding carboxylic acids is 1. The Morgan fingerprint density at radius 2 is 1.87 bits per heavy atom. The Morgan fingerprint density at radius 3 is 2.57 bits per heavy atom. The zero-order chi connectivity index (χ0) is 21.1. The third kappa shape index (κ3) is 4.17. The van der Waals surface area contributed by atoms with Gasteiger partial charge in [-0.2, -0.15) is 4.98 Å². The quantitative estimate of drug-likeness (QED) is 0.615. The fraction of sp³-hybridized carbons (Fsp3) is 0.318. The molecule has 156 valence electrons. The molecule has 30 heavy (non-hydrogen) atoms. The molecule has 2 heterocycles. The molecule has 1 fully saturated rings. The molecule has 7 nitrogen and oxygen atoms in total. The molecule has 0 N–H and O–H groups in total. The number of methoxy groups -OCH3 is 1. The minimum Gasteiger partial charge on any atom is -0.496 e. The highest BCUT2D eigenvalue weighted by molar-refractivity contribution is 6.30. The van der Waals surface area contributed by atoms with Crippen molar-refractivity contribution < 1.29 is 14.1 Å². The summed E-state index contributed by atoms with van der Waals surface area (Å²) < 4.78 is 10.8. The maximum absolute atomic E-state index is 12.9. The van der Waals surface area contributed by atoms with Crippen molar-refractivity contribution in [1.82, 2.24) is 19.9 Å². The highest BCUT2D eigenvalue weighted by Crippen LogP contribution is 2.27. The van der Waals surface area contributed by atoms with E-state index < -0.39 is 0 Å². The van der Waals surface area contributed by atoms with Gasteiger partial charge in [-0.3, -0.25) is 9.69 Å². The van der Waals surface area contributed by atoms with Crippen molar-refractivity contribution >= 4 is 17.5 Å². The number of amides is 1. The second-order valence-corrected chi connectivity index (χ2v) is 7.61. The van der Waals surface area contributed by atoms with E-state index in [1.54, 1.807) is 18.2 Å². The van der Waals surface area contributed by atoms with E-state index in [-0.39, 0.29) is 11.9 Å². The number of rotatable bonds is 5. The molecule has 0 aliphatic carbocycles. The molecule has 1 amide bonds. The van der Waals surface area contributed by atoms with Crippen LogP contribution in [0.2, 0.25) is 5.02 Å². The summed E-state index contributed by atoms with van der Waals surface area (Å²) >= 11 is 6.01. The minimum absolute atomic E-state index is 0.0303. The van der Waals surface area contributed by atoms with Gasteiger partial charge in [-0.05, 0) is 25.1 Å². The molecule has 1 aliphatic rings. The molecule has 3 aromatic rings. The standard InChI is InChI=1S/C22H23ClN4O3/c1-15(21-24-20(25-30-21)16-6-4-3-5-7-16)26-10-12-27(13-11-26)22(28)18-9-8-17(23)14-19(18)29-2/h3-9,14-15H,10-13H2,1-2H3. The minimum atomic E-state index is -0.0556. The third-order valence-electron chi connectivity index (χ3n) is 5.37. The number of nitrogens with zero attached hydrogens (tertiary/aromatic N) is 4. The Balaban J connectivity index is 1.40. The lowest BCUT2D eigenvalue weighted by Gasteiger charge is -2.37. The summed E-state index contributed by atoms with van der Waals surface area (Å²) in [6.45, 7) is 4.68. The van der Waals surface area contributed by atoms with Crippen LogP contribution in [0.1, 0.15) is 29.2 Å². The first-order valence-electron chi connectivity index (χ1n) is 9.82. The van der Waals surface area contributed by atoms with Gasteiger partial charge in [0.15, 0.2) is 0 Å². The molecule has 0 saturated carbocycles. The summed E-state index contributed by atoms with van der Waals surface area (Å²) in [5.74, 6) is 1.59. The van der Waals surface area contributed by atoms with Gasteiger partial charge in [0.25, 0.3) is 5.91 Å². The molecule has 0 bridgehead atoms. The van der Waals surface area contributed by atoms with E-state index in [1.807, 2.05) is 42.2 Å². The monoisotopic (exact) mass is 426 g/mol. The van der Waals surface area contributed by atoms with E-state index in [2.05, 4.69) is 15.0 Å². The lowest BCUT2D eigenvalue weighted by molar-refractivity contribution is 0.0549. The first-order valence-corrected chi connectivity index (χ1v) is 10.2. The van der Waals surface area contributed by atoms with Crippen LogP contribution in [0.15, 0.2) is 53.1 Å². The van der Waals surface area contributed by atoms with Crippen LogP contribution in [0.5, 0.6) is 5.75 Å². The van der Waals surface area contributed by atoms with Crippen molar-refractivity contribution in [1.29, 1.82) is 0 Å². The molecular weight excluding hydrogens is 404 g/mol. The van der Waals surface area contributed by atoms with Crippen molar-refractivity contribution in [3.05, 3.63) is 65.0 Å². The summed E-state index contributed by atoms with van der Waals surface area (Å²) in [4.78, 5) is 21.6. The van der Waals surface area contributed by atoms with Gasteiger partial charge < -0.3 is 14.2 Å². The van der Waals surface area contributed by atoms with Crippen molar-refractivity contribution in [2.24, 2.45) is 0 Å². The number of piperazine rings is 1. The van der Waals surface area contributed by atoms with E-state index >= 15 is 0 Å². The molecule has 8 heteroatoms. The Hall–Kier alpha value is -2.90. The highest BCUT2D eigenvalue weighted by Gasteiger charge is 2.29. The number of hydrogen-bond donors (Lipinski definition) is 0. The summed E-state index contributed by atoms with van der Waals surface area (Å²) in [6.07, 6.45) is 0. The second-order valence-electron chi connectivity index (χ2n) is 7.17. The second kappa shape index (κ2) is 8.85. The summed E-state index contributed by atoms with van der Waals surface area (Å²) in [5.41, 5.74) is 1.44. The number of ether oxygens (including phenoxy) is 1. The Kier molecular flexibility index (Phi) is 6.01. The van der Waals surface area contributed by atoms with Crippen molar-refractivity contribution in [2.75, 3.05) is 33.3 Å². The molecule has 0 spiro atoms. The van der Waals surface area contributed by atoms with Crippen LogP contribution in [0.25, 0.3) is 11.4 Å². The van der Waals surface area contributed by atoms with Crippen molar-refractivity contribution in [3.63, 3.8) is 0 Å². The first-order chi connectivity index (χ1) is 14.6. The average molecular weight is 427 g/mol. The van der Waals surface area contributed by atoms with E-state index in [1.165, 1.54) is 7.11 Å². The summed E-state index contributed by atoms with van der Waals surface area (Å²) in [6, 6.07) is 14.8. The molecule has 1 aliphatic heterocycles. The lowest BCUT2D eigenvalue weighted by atomic mass is 10.1.